The van der Waals surface area contributed by atoms with Crippen LogP contribution in [0.3, 0.4) is 0 Å². The Morgan fingerprint density at radius 2 is 2.00 bits per heavy atom. The van der Waals surface area contributed by atoms with E-state index in [-0.39, 0.29) is 18.3 Å². The molecule has 0 saturated carbocycles. The number of carbonyl (C=O) groups excluding carboxylic acids is 1. The quantitative estimate of drug-likeness (QED) is 0.865. The SMILES string of the molecule is CNCCC(=O)Nc1ccc(C)c(OC)c1C.Cl. The highest BCUT2D eigenvalue weighted by atomic mass is 35.5. The Balaban J connectivity index is 0.00000289. The number of ether oxygens (including phenoxy) is 1. The largest absolute Gasteiger partial charge is 0.496 e. The second kappa shape index (κ2) is 7.95. The summed E-state index contributed by atoms with van der Waals surface area (Å²) in [6, 6.07) is 3.85. The first-order chi connectivity index (χ1) is 8.10. The molecule has 0 radical (unpaired) electrons. The molecule has 0 aliphatic carbocycles. The fourth-order valence-electron chi connectivity index (χ4n) is 1.73. The minimum Gasteiger partial charge on any atom is -0.496 e. The van der Waals surface area contributed by atoms with E-state index in [0.29, 0.717) is 13.0 Å². The fraction of sp³-hybridized carbons (Fsp3) is 0.462. The van der Waals surface area contributed by atoms with Gasteiger partial charge in [0.15, 0.2) is 0 Å². The van der Waals surface area contributed by atoms with Crippen molar-refractivity contribution >= 4 is 24.0 Å². The van der Waals surface area contributed by atoms with E-state index in [9.17, 15) is 4.79 Å². The molecule has 1 amide bonds. The maximum atomic E-state index is 11.6. The van der Waals surface area contributed by atoms with E-state index >= 15 is 0 Å². The Labute approximate surface area is 115 Å². The van der Waals surface area contributed by atoms with Crippen LogP contribution in [-0.2, 0) is 4.79 Å². The third-order valence-corrected chi connectivity index (χ3v) is 2.68. The zero-order chi connectivity index (χ0) is 12.8. The summed E-state index contributed by atoms with van der Waals surface area (Å²) in [5, 5.41) is 5.83. The fourth-order valence-corrected chi connectivity index (χ4v) is 1.73. The van der Waals surface area contributed by atoms with Crippen molar-refractivity contribution in [2.75, 3.05) is 26.0 Å². The summed E-state index contributed by atoms with van der Waals surface area (Å²) >= 11 is 0. The molecule has 18 heavy (non-hydrogen) atoms. The van der Waals surface area contributed by atoms with Gasteiger partial charge in [0.2, 0.25) is 5.91 Å². The van der Waals surface area contributed by atoms with Gasteiger partial charge in [-0.2, -0.15) is 0 Å². The van der Waals surface area contributed by atoms with Gasteiger partial charge in [0.1, 0.15) is 5.75 Å². The van der Waals surface area contributed by atoms with Gasteiger partial charge in [0, 0.05) is 24.2 Å². The van der Waals surface area contributed by atoms with E-state index in [1.54, 1.807) is 7.11 Å². The van der Waals surface area contributed by atoms with Gasteiger partial charge in [0.05, 0.1) is 7.11 Å². The number of nitrogens with one attached hydrogen (secondary N) is 2. The van der Waals surface area contributed by atoms with Crippen molar-refractivity contribution in [3.05, 3.63) is 23.3 Å². The molecule has 0 fully saturated rings. The Kier molecular flexibility index (Phi) is 7.39. The predicted octanol–water partition coefficient (Wildman–Crippen LogP) is 2.28. The van der Waals surface area contributed by atoms with E-state index < -0.39 is 0 Å². The Hall–Kier alpha value is -1.26. The molecule has 0 aromatic heterocycles. The van der Waals surface area contributed by atoms with Crippen molar-refractivity contribution in [3.63, 3.8) is 0 Å². The number of aryl methyl sites for hydroxylation is 1. The van der Waals surface area contributed by atoms with Crippen molar-refractivity contribution in [2.45, 2.75) is 20.3 Å². The zero-order valence-electron chi connectivity index (χ0n) is 11.3. The number of carbonyl (C=O) groups is 1. The van der Waals surface area contributed by atoms with Crippen molar-refractivity contribution in [1.29, 1.82) is 0 Å². The molecule has 5 heteroatoms. The van der Waals surface area contributed by atoms with Crippen molar-refractivity contribution in [1.82, 2.24) is 5.32 Å². The minimum absolute atomic E-state index is 0. The van der Waals surface area contributed by atoms with E-state index in [1.807, 2.05) is 33.0 Å². The second-order valence-corrected chi connectivity index (χ2v) is 3.99. The smallest absolute Gasteiger partial charge is 0.225 e. The van der Waals surface area contributed by atoms with Gasteiger partial charge in [-0.1, -0.05) is 6.07 Å². The summed E-state index contributed by atoms with van der Waals surface area (Å²) in [4.78, 5) is 11.6. The molecule has 0 heterocycles. The molecule has 1 aromatic carbocycles. The van der Waals surface area contributed by atoms with E-state index in [4.69, 9.17) is 4.74 Å². The molecule has 0 unspecified atom stereocenters. The van der Waals surface area contributed by atoms with Crippen LogP contribution in [0.15, 0.2) is 12.1 Å². The minimum atomic E-state index is 0. The highest BCUT2D eigenvalue weighted by molar-refractivity contribution is 5.92. The van der Waals surface area contributed by atoms with Crippen LogP contribution in [0, 0.1) is 13.8 Å². The summed E-state index contributed by atoms with van der Waals surface area (Å²) in [5.74, 6) is 0.838. The second-order valence-electron chi connectivity index (χ2n) is 3.99. The van der Waals surface area contributed by atoms with Crippen LogP contribution in [0.2, 0.25) is 0 Å². The van der Waals surface area contributed by atoms with Crippen LogP contribution in [0.5, 0.6) is 5.75 Å². The van der Waals surface area contributed by atoms with Crippen LogP contribution in [0.25, 0.3) is 0 Å². The molecule has 0 aliphatic rings. The summed E-state index contributed by atoms with van der Waals surface area (Å²) in [6.45, 7) is 4.60. The lowest BCUT2D eigenvalue weighted by Crippen LogP contribution is -2.19. The average molecular weight is 273 g/mol. The molecular weight excluding hydrogens is 252 g/mol. The molecule has 4 nitrogen and oxygen atoms in total. The number of amides is 1. The monoisotopic (exact) mass is 272 g/mol. The molecular formula is C13H21ClN2O2. The van der Waals surface area contributed by atoms with Gasteiger partial charge < -0.3 is 15.4 Å². The van der Waals surface area contributed by atoms with Crippen molar-refractivity contribution in [2.24, 2.45) is 0 Å². The van der Waals surface area contributed by atoms with E-state index in [0.717, 1.165) is 22.6 Å². The van der Waals surface area contributed by atoms with Gasteiger partial charge in [0.25, 0.3) is 0 Å². The average Bonchev–Trinajstić information content (AvgIpc) is 2.31. The van der Waals surface area contributed by atoms with Crippen LogP contribution >= 0.6 is 12.4 Å². The maximum Gasteiger partial charge on any atom is 0.225 e. The maximum absolute atomic E-state index is 11.6. The summed E-state index contributed by atoms with van der Waals surface area (Å²) < 4.78 is 5.32. The van der Waals surface area contributed by atoms with Crippen LogP contribution in [0.1, 0.15) is 17.5 Å². The van der Waals surface area contributed by atoms with Gasteiger partial charge in [-0.25, -0.2) is 0 Å². The van der Waals surface area contributed by atoms with Gasteiger partial charge in [-0.05, 0) is 32.5 Å². The number of hydrogen-bond acceptors (Lipinski definition) is 3. The first kappa shape index (κ1) is 16.7. The number of benzene rings is 1. The number of rotatable bonds is 5. The molecule has 0 aliphatic heterocycles. The van der Waals surface area contributed by atoms with Gasteiger partial charge in [-0.15, -0.1) is 12.4 Å². The molecule has 0 atom stereocenters. The van der Waals surface area contributed by atoms with Crippen LogP contribution in [-0.4, -0.2) is 26.6 Å². The van der Waals surface area contributed by atoms with Crippen LogP contribution in [0.4, 0.5) is 5.69 Å². The summed E-state index contributed by atoms with van der Waals surface area (Å²) in [7, 11) is 3.47. The van der Waals surface area contributed by atoms with Crippen molar-refractivity contribution in [3.8, 4) is 5.75 Å². The van der Waals surface area contributed by atoms with E-state index in [1.165, 1.54) is 0 Å². The van der Waals surface area contributed by atoms with Gasteiger partial charge in [-0.3, -0.25) is 4.79 Å². The normalized spacial score (nSPS) is 9.56. The Bertz CT molecular complexity index is 408. The number of hydrogen-bond donors (Lipinski definition) is 2. The first-order valence-electron chi connectivity index (χ1n) is 5.68. The highest BCUT2D eigenvalue weighted by Crippen LogP contribution is 2.29. The zero-order valence-corrected chi connectivity index (χ0v) is 12.1. The number of halogens is 1. The van der Waals surface area contributed by atoms with Gasteiger partial charge >= 0.3 is 0 Å². The summed E-state index contributed by atoms with van der Waals surface area (Å²) in [6.07, 6.45) is 0.464. The number of methoxy groups -OCH3 is 1. The van der Waals surface area contributed by atoms with Crippen LogP contribution < -0.4 is 15.4 Å². The standard InChI is InChI=1S/C13H20N2O2.ClH/c1-9-5-6-11(10(2)13(9)17-4)15-12(16)7-8-14-3;/h5-6,14H,7-8H2,1-4H3,(H,15,16);1H. The lowest BCUT2D eigenvalue weighted by molar-refractivity contribution is -0.116. The molecule has 0 bridgehead atoms. The molecule has 102 valence electrons. The predicted molar refractivity (Wildman–Crippen MR) is 76.9 cm³/mol. The first-order valence-corrected chi connectivity index (χ1v) is 5.68. The third-order valence-electron chi connectivity index (χ3n) is 2.68. The van der Waals surface area contributed by atoms with E-state index in [2.05, 4.69) is 10.6 Å². The summed E-state index contributed by atoms with van der Waals surface area (Å²) in [5.41, 5.74) is 2.84. The van der Waals surface area contributed by atoms with Crippen molar-refractivity contribution < 1.29 is 9.53 Å². The molecule has 1 rings (SSSR count). The highest BCUT2D eigenvalue weighted by Gasteiger charge is 2.09. The third kappa shape index (κ3) is 4.20. The number of anilines is 1. The molecule has 1 aromatic rings. The topological polar surface area (TPSA) is 50.4 Å². The Morgan fingerprint density at radius 1 is 1.33 bits per heavy atom. The molecule has 2 N–H and O–H groups in total. The lowest BCUT2D eigenvalue weighted by Gasteiger charge is -2.13. The lowest BCUT2D eigenvalue weighted by atomic mass is 10.1. The Morgan fingerprint density at radius 3 is 2.56 bits per heavy atom. The molecule has 0 spiro atoms. The molecule has 0 saturated heterocycles.